The van der Waals surface area contributed by atoms with Gasteiger partial charge in [0, 0.05) is 30.5 Å². The van der Waals surface area contributed by atoms with Crippen molar-refractivity contribution in [3.8, 4) is 11.5 Å². The lowest BCUT2D eigenvalue weighted by Gasteiger charge is -2.28. The molecule has 1 N–H and O–H groups in total. The first-order valence-corrected chi connectivity index (χ1v) is 9.08. The fourth-order valence-corrected chi connectivity index (χ4v) is 3.29. The number of carbonyl (C=O) groups is 1. The van der Waals surface area contributed by atoms with Gasteiger partial charge in [-0.05, 0) is 48.0 Å². The molecule has 1 fully saturated rings. The summed E-state index contributed by atoms with van der Waals surface area (Å²) in [7, 11) is 0. The van der Waals surface area contributed by atoms with E-state index >= 15 is 0 Å². The molecule has 140 valence electrons. The van der Waals surface area contributed by atoms with Crippen molar-refractivity contribution in [2.75, 3.05) is 43.3 Å². The van der Waals surface area contributed by atoms with Crippen molar-refractivity contribution in [1.82, 2.24) is 0 Å². The van der Waals surface area contributed by atoms with Crippen LogP contribution < -0.4 is 19.7 Å². The number of anilines is 2. The van der Waals surface area contributed by atoms with Crippen LogP contribution in [0.15, 0.2) is 42.5 Å². The average molecular weight is 387 g/mol. The molecular formula is C20H19ClN2O4. The van der Waals surface area contributed by atoms with Gasteiger partial charge in [-0.25, -0.2) is 0 Å². The summed E-state index contributed by atoms with van der Waals surface area (Å²) in [5.41, 5.74) is 2.63. The molecule has 4 rings (SSSR count). The zero-order chi connectivity index (χ0) is 18.6. The number of rotatable bonds is 4. The number of fused-ring (bicyclic) bond motifs is 1. The zero-order valence-electron chi connectivity index (χ0n) is 14.6. The van der Waals surface area contributed by atoms with Gasteiger partial charge >= 0.3 is 0 Å². The number of benzene rings is 2. The molecule has 0 atom stereocenters. The van der Waals surface area contributed by atoms with Gasteiger partial charge in [0.2, 0.25) is 12.7 Å². The van der Waals surface area contributed by atoms with Crippen molar-refractivity contribution in [3.05, 3.63) is 53.1 Å². The smallest absolute Gasteiger partial charge is 0.248 e. The normalized spacial score (nSPS) is 16.0. The molecule has 0 unspecified atom stereocenters. The van der Waals surface area contributed by atoms with Gasteiger partial charge in [-0.2, -0.15) is 0 Å². The predicted octanol–water partition coefficient (Wildman–Crippen LogP) is 3.56. The molecule has 2 aliphatic rings. The van der Waals surface area contributed by atoms with Crippen LogP contribution in [0.2, 0.25) is 5.02 Å². The predicted molar refractivity (Wildman–Crippen MR) is 105 cm³/mol. The SMILES string of the molecule is O=C(/C=C/c1cc(Cl)c2c(c1)OCO2)Nc1ccc(N2CCOCC2)cc1. The van der Waals surface area contributed by atoms with E-state index in [0.29, 0.717) is 16.5 Å². The van der Waals surface area contributed by atoms with Gasteiger partial charge in [0.25, 0.3) is 0 Å². The Morgan fingerprint density at radius 2 is 1.89 bits per heavy atom. The first-order valence-electron chi connectivity index (χ1n) is 8.70. The number of hydrogen-bond acceptors (Lipinski definition) is 5. The number of morpholine rings is 1. The summed E-state index contributed by atoms with van der Waals surface area (Å²) in [4.78, 5) is 14.4. The number of amides is 1. The minimum Gasteiger partial charge on any atom is -0.454 e. The van der Waals surface area contributed by atoms with Gasteiger partial charge in [-0.15, -0.1) is 0 Å². The van der Waals surface area contributed by atoms with E-state index < -0.39 is 0 Å². The topological polar surface area (TPSA) is 60.0 Å². The quantitative estimate of drug-likeness (QED) is 0.814. The molecule has 7 heteroatoms. The third kappa shape index (κ3) is 4.18. The highest BCUT2D eigenvalue weighted by atomic mass is 35.5. The molecule has 1 saturated heterocycles. The standard InChI is InChI=1S/C20H19ClN2O4/c21-17-11-14(12-18-20(17)27-13-26-18)1-6-19(24)22-15-2-4-16(5-3-15)23-7-9-25-10-8-23/h1-6,11-12H,7-10,13H2,(H,22,24)/b6-1+. The summed E-state index contributed by atoms with van der Waals surface area (Å²) in [6.45, 7) is 3.41. The van der Waals surface area contributed by atoms with Gasteiger partial charge in [0.05, 0.1) is 18.2 Å². The maximum absolute atomic E-state index is 12.2. The lowest BCUT2D eigenvalue weighted by atomic mass is 10.2. The molecular weight excluding hydrogens is 368 g/mol. The first kappa shape index (κ1) is 17.7. The van der Waals surface area contributed by atoms with Crippen LogP contribution in [-0.2, 0) is 9.53 Å². The second-order valence-corrected chi connectivity index (χ2v) is 6.61. The van der Waals surface area contributed by atoms with Crippen LogP contribution in [0.4, 0.5) is 11.4 Å². The van der Waals surface area contributed by atoms with Crippen molar-refractivity contribution in [1.29, 1.82) is 0 Å². The number of nitrogens with one attached hydrogen (secondary N) is 1. The lowest BCUT2D eigenvalue weighted by Crippen LogP contribution is -2.36. The fraction of sp³-hybridized carbons (Fsp3) is 0.250. The maximum Gasteiger partial charge on any atom is 0.248 e. The Bertz CT molecular complexity index is 861. The van der Waals surface area contributed by atoms with Crippen molar-refractivity contribution in [2.45, 2.75) is 0 Å². The molecule has 0 aromatic heterocycles. The summed E-state index contributed by atoms with van der Waals surface area (Å²) >= 11 is 6.15. The monoisotopic (exact) mass is 386 g/mol. The molecule has 0 radical (unpaired) electrons. The van der Waals surface area contributed by atoms with Crippen molar-refractivity contribution >= 4 is 35.0 Å². The number of nitrogens with zero attached hydrogens (tertiary/aromatic N) is 1. The summed E-state index contributed by atoms with van der Waals surface area (Å²) < 4.78 is 16.0. The van der Waals surface area contributed by atoms with Crippen molar-refractivity contribution < 1.29 is 19.0 Å². The van der Waals surface area contributed by atoms with Crippen LogP contribution in [-0.4, -0.2) is 39.0 Å². The second-order valence-electron chi connectivity index (χ2n) is 6.21. The lowest BCUT2D eigenvalue weighted by molar-refractivity contribution is -0.111. The van der Waals surface area contributed by atoms with E-state index in [9.17, 15) is 4.79 Å². The minimum absolute atomic E-state index is 0.156. The molecule has 0 bridgehead atoms. The highest BCUT2D eigenvalue weighted by Crippen LogP contribution is 2.40. The number of halogens is 1. The average Bonchev–Trinajstić information content (AvgIpc) is 3.17. The molecule has 2 aliphatic heterocycles. The van der Waals surface area contributed by atoms with E-state index in [0.717, 1.165) is 43.2 Å². The number of ether oxygens (including phenoxy) is 3. The Labute approximate surface area is 162 Å². The summed E-state index contributed by atoms with van der Waals surface area (Å²) in [5, 5.41) is 3.31. The molecule has 0 saturated carbocycles. The van der Waals surface area contributed by atoms with Gasteiger partial charge in [-0.3, -0.25) is 4.79 Å². The van der Waals surface area contributed by atoms with Crippen LogP contribution in [0.25, 0.3) is 6.08 Å². The molecule has 27 heavy (non-hydrogen) atoms. The Kier molecular flexibility index (Phi) is 5.18. The van der Waals surface area contributed by atoms with E-state index in [4.69, 9.17) is 25.8 Å². The molecule has 0 spiro atoms. The van der Waals surface area contributed by atoms with E-state index in [1.54, 1.807) is 18.2 Å². The zero-order valence-corrected chi connectivity index (χ0v) is 15.4. The fourth-order valence-electron chi connectivity index (χ4n) is 3.02. The van der Waals surface area contributed by atoms with Crippen LogP contribution in [0.3, 0.4) is 0 Å². The van der Waals surface area contributed by atoms with Crippen molar-refractivity contribution in [2.24, 2.45) is 0 Å². The summed E-state index contributed by atoms with van der Waals surface area (Å²) in [6, 6.07) is 11.3. The Morgan fingerprint density at radius 1 is 1.11 bits per heavy atom. The number of hydrogen-bond donors (Lipinski definition) is 1. The van der Waals surface area contributed by atoms with Gasteiger partial charge in [-0.1, -0.05) is 11.6 Å². The van der Waals surface area contributed by atoms with Crippen LogP contribution >= 0.6 is 11.6 Å². The highest BCUT2D eigenvalue weighted by molar-refractivity contribution is 6.32. The number of carbonyl (C=O) groups excluding carboxylic acids is 1. The van der Waals surface area contributed by atoms with Crippen LogP contribution in [0.5, 0.6) is 11.5 Å². The largest absolute Gasteiger partial charge is 0.454 e. The van der Waals surface area contributed by atoms with Crippen molar-refractivity contribution in [3.63, 3.8) is 0 Å². The van der Waals surface area contributed by atoms with E-state index in [-0.39, 0.29) is 12.7 Å². The minimum atomic E-state index is -0.220. The molecule has 1 amide bonds. The third-order valence-corrected chi connectivity index (χ3v) is 4.67. The van der Waals surface area contributed by atoms with E-state index in [1.165, 1.54) is 6.08 Å². The molecule has 2 aromatic rings. The summed E-state index contributed by atoms with van der Waals surface area (Å²) in [6.07, 6.45) is 3.15. The highest BCUT2D eigenvalue weighted by Gasteiger charge is 2.17. The Balaban J connectivity index is 1.38. The van der Waals surface area contributed by atoms with Crippen LogP contribution in [0.1, 0.15) is 5.56 Å². The first-order chi connectivity index (χ1) is 13.2. The second kappa shape index (κ2) is 7.90. The summed E-state index contributed by atoms with van der Waals surface area (Å²) in [5.74, 6) is 0.905. The Hall–Kier alpha value is -2.70. The molecule has 2 heterocycles. The molecule has 2 aromatic carbocycles. The van der Waals surface area contributed by atoms with E-state index in [2.05, 4.69) is 10.2 Å². The maximum atomic E-state index is 12.2. The van der Waals surface area contributed by atoms with Gasteiger partial charge < -0.3 is 24.4 Å². The molecule has 6 nitrogen and oxygen atoms in total. The third-order valence-electron chi connectivity index (χ3n) is 4.39. The Morgan fingerprint density at radius 3 is 2.67 bits per heavy atom. The molecule has 0 aliphatic carbocycles. The van der Waals surface area contributed by atoms with Crippen LogP contribution in [0, 0.1) is 0 Å². The van der Waals surface area contributed by atoms with Gasteiger partial charge in [0.15, 0.2) is 11.5 Å². The van der Waals surface area contributed by atoms with E-state index in [1.807, 2.05) is 24.3 Å². The van der Waals surface area contributed by atoms with Gasteiger partial charge in [0.1, 0.15) is 0 Å².